The maximum atomic E-state index is 11.8. The van der Waals surface area contributed by atoms with E-state index in [9.17, 15) is 9.59 Å². The van der Waals surface area contributed by atoms with Crippen LogP contribution in [0.3, 0.4) is 0 Å². The van der Waals surface area contributed by atoms with Gasteiger partial charge in [0, 0.05) is 6.42 Å². The topological polar surface area (TPSA) is 84.9 Å². The minimum Gasteiger partial charge on any atom is -0.450 e. The average molecular weight is 291 g/mol. The Morgan fingerprint density at radius 3 is 2.62 bits per heavy atom. The highest BCUT2D eigenvalue weighted by Gasteiger charge is 2.27. The molecule has 0 unspecified atom stereocenters. The van der Waals surface area contributed by atoms with E-state index < -0.39 is 24.4 Å². The van der Waals surface area contributed by atoms with Crippen LogP contribution in [0.2, 0.25) is 0 Å². The third-order valence-corrected chi connectivity index (χ3v) is 3.14. The number of ether oxygens (including phenoxy) is 2. The molecule has 2 N–H and O–H groups in total. The van der Waals surface area contributed by atoms with Gasteiger partial charge in [-0.15, -0.1) is 0 Å². The van der Waals surface area contributed by atoms with Crippen LogP contribution >= 0.6 is 0 Å². The number of amides is 1. The van der Waals surface area contributed by atoms with Crippen molar-refractivity contribution < 1.29 is 24.2 Å². The molecule has 0 saturated heterocycles. The van der Waals surface area contributed by atoms with E-state index in [2.05, 4.69) is 5.32 Å². The molecule has 1 aliphatic rings. The van der Waals surface area contributed by atoms with Crippen LogP contribution in [0.5, 0.6) is 0 Å². The zero-order chi connectivity index (χ0) is 15.1. The lowest BCUT2D eigenvalue weighted by molar-refractivity contribution is 0.0319. The van der Waals surface area contributed by atoms with E-state index in [1.54, 1.807) is 0 Å². The summed E-state index contributed by atoms with van der Waals surface area (Å²) in [6.07, 6.45) is 2.15. The Balaban J connectivity index is 1.83. The van der Waals surface area contributed by atoms with Crippen LogP contribution in [-0.4, -0.2) is 29.5 Å². The van der Waals surface area contributed by atoms with Gasteiger partial charge in [0.05, 0.1) is 6.04 Å². The van der Waals surface area contributed by atoms with Crippen molar-refractivity contribution in [2.45, 2.75) is 31.6 Å². The highest BCUT2D eigenvalue weighted by molar-refractivity contribution is 5.68. The summed E-state index contributed by atoms with van der Waals surface area (Å²) in [5.41, 5.74) is 0.884. The fourth-order valence-electron chi connectivity index (χ4n) is 2.12. The lowest BCUT2D eigenvalue weighted by Crippen LogP contribution is -2.46. The minimum absolute atomic E-state index is 0.166. The molecule has 21 heavy (non-hydrogen) atoms. The number of rotatable bonds is 4. The predicted molar refractivity (Wildman–Crippen MR) is 74.8 cm³/mol. The summed E-state index contributed by atoms with van der Waals surface area (Å²) in [6.45, 7) is 0.166. The zero-order valence-electron chi connectivity index (χ0n) is 11.4. The highest BCUT2D eigenvalue weighted by atomic mass is 16.7. The fourth-order valence-corrected chi connectivity index (χ4v) is 2.12. The van der Waals surface area contributed by atoms with Crippen molar-refractivity contribution in [3.63, 3.8) is 0 Å². The van der Waals surface area contributed by atoms with Crippen LogP contribution in [-0.2, 0) is 16.1 Å². The first-order chi connectivity index (χ1) is 10.1. The first kappa shape index (κ1) is 14.9. The molecular weight excluding hydrogens is 274 g/mol. The quantitative estimate of drug-likeness (QED) is 0.658. The van der Waals surface area contributed by atoms with E-state index in [0.29, 0.717) is 12.8 Å². The number of alkyl carbamates (subject to hydrolysis) is 1. The third-order valence-electron chi connectivity index (χ3n) is 3.14. The van der Waals surface area contributed by atoms with Gasteiger partial charge in [0.25, 0.3) is 0 Å². The van der Waals surface area contributed by atoms with Gasteiger partial charge < -0.3 is 19.9 Å². The Morgan fingerprint density at radius 2 is 1.90 bits per heavy atom. The lowest BCUT2D eigenvalue weighted by Gasteiger charge is -2.27. The molecule has 1 aromatic carbocycles. The first-order valence-corrected chi connectivity index (χ1v) is 6.67. The smallest absolute Gasteiger partial charge is 0.450 e. The van der Waals surface area contributed by atoms with Crippen LogP contribution in [0.15, 0.2) is 42.5 Å². The summed E-state index contributed by atoms with van der Waals surface area (Å²) in [5.74, 6) is 0. The molecule has 1 aromatic rings. The van der Waals surface area contributed by atoms with E-state index in [0.717, 1.165) is 5.56 Å². The van der Waals surface area contributed by atoms with Crippen LogP contribution < -0.4 is 5.32 Å². The van der Waals surface area contributed by atoms with Crippen molar-refractivity contribution in [3.8, 4) is 0 Å². The largest absolute Gasteiger partial charge is 0.506 e. The third kappa shape index (κ3) is 4.83. The number of carboxylic acid groups (broad SMARTS) is 1. The van der Waals surface area contributed by atoms with Crippen LogP contribution in [0.25, 0.3) is 0 Å². The molecule has 0 saturated carbocycles. The van der Waals surface area contributed by atoms with E-state index in [1.165, 1.54) is 0 Å². The van der Waals surface area contributed by atoms with Gasteiger partial charge in [-0.05, 0) is 12.0 Å². The molecular formula is C15H17NO5. The Bertz CT molecular complexity index is 514. The molecule has 2 atom stereocenters. The molecule has 2 rings (SSSR count). The van der Waals surface area contributed by atoms with E-state index >= 15 is 0 Å². The van der Waals surface area contributed by atoms with Gasteiger partial charge in [-0.3, -0.25) is 0 Å². The Kier molecular flexibility index (Phi) is 5.20. The zero-order valence-corrected chi connectivity index (χ0v) is 11.4. The number of benzene rings is 1. The van der Waals surface area contributed by atoms with Gasteiger partial charge >= 0.3 is 12.2 Å². The number of carbonyl (C=O) groups excluding carboxylic acids is 1. The molecule has 0 fully saturated rings. The molecule has 1 aliphatic carbocycles. The molecule has 112 valence electrons. The molecule has 0 spiro atoms. The van der Waals surface area contributed by atoms with Crippen LogP contribution in [0, 0.1) is 0 Å². The highest BCUT2D eigenvalue weighted by Crippen LogP contribution is 2.16. The Morgan fingerprint density at radius 1 is 1.19 bits per heavy atom. The number of carbonyl (C=O) groups is 2. The second kappa shape index (κ2) is 7.33. The monoisotopic (exact) mass is 291 g/mol. The van der Waals surface area contributed by atoms with Crippen molar-refractivity contribution in [2.75, 3.05) is 0 Å². The van der Waals surface area contributed by atoms with Crippen molar-refractivity contribution >= 4 is 12.2 Å². The molecule has 6 heteroatoms. The van der Waals surface area contributed by atoms with Gasteiger partial charge in [0.1, 0.15) is 12.7 Å². The van der Waals surface area contributed by atoms with Crippen molar-refractivity contribution in [1.29, 1.82) is 0 Å². The van der Waals surface area contributed by atoms with Gasteiger partial charge in [-0.25, -0.2) is 9.59 Å². The second-order valence-electron chi connectivity index (χ2n) is 4.68. The van der Waals surface area contributed by atoms with Gasteiger partial charge in [0.2, 0.25) is 0 Å². The van der Waals surface area contributed by atoms with E-state index in [4.69, 9.17) is 14.6 Å². The van der Waals surface area contributed by atoms with Crippen molar-refractivity contribution in [2.24, 2.45) is 0 Å². The van der Waals surface area contributed by atoms with Crippen LogP contribution in [0.4, 0.5) is 9.59 Å². The lowest BCUT2D eigenvalue weighted by atomic mass is 9.99. The van der Waals surface area contributed by atoms with Gasteiger partial charge in [-0.2, -0.15) is 0 Å². The summed E-state index contributed by atoms with van der Waals surface area (Å²) in [7, 11) is 0. The molecule has 0 radical (unpaired) electrons. The van der Waals surface area contributed by atoms with Crippen molar-refractivity contribution in [3.05, 3.63) is 48.0 Å². The standard InChI is InChI=1S/C15H17NO5/c17-14(20-10-11-6-2-1-3-7-11)16-12-8-4-5-9-13(12)21-15(18)19/h1-7,12-13H,8-10H2,(H,16,17)(H,18,19)/t12-,13+/m0/s1. The summed E-state index contributed by atoms with van der Waals surface area (Å²) < 4.78 is 9.87. The van der Waals surface area contributed by atoms with Crippen molar-refractivity contribution in [1.82, 2.24) is 5.32 Å². The number of nitrogens with one attached hydrogen (secondary N) is 1. The Labute approximate surface area is 122 Å². The molecule has 0 aromatic heterocycles. The maximum Gasteiger partial charge on any atom is 0.506 e. The molecule has 0 heterocycles. The van der Waals surface area contributed by atoms with Crippen LogP contribution in [0.1, 0.15) is 18.4 Å². The summed E-state index contributed by atoms with van der Waals surface area (Å²) in [5, 5.41) is 11.3. The SMILES string of the molecule is O=C(O)O[C@@H]1CC=CC[C@@H]1NC(=O)OCc1ccccc1. The average Bonchev–Trinajstić information content (AvgIpc) is 2.48. The van der Waals surface area contributed by atoms with E-state index in [1.807, 2.05) is 42.5 Å². The normalized spacial score (nSPS) is 20.6. The Hall–Kier alpha value is -2.50. The second-order valence-corrected chi connectivity index (χ2v) is 4.68. The number of hydrogen-bond donors (Lipinski definition) is 2. The maximum absolute atomic E-state index is 11.8. The fraction of sp³-hybridized carbons (Fsp3) is 0.333. The van der Waals surface area contributed by atoms with E-state index in [-0.39, 0.29) is 6.61 Å². The first-order valence-electron chi connectivity index (χ1n) is 6.67. The summed E-state index contributed by atoms with van der Waals surface area (Å²) in [4.78, 5) is 22.4. The predicted octanol–water partition coefficient (Wildman–Crippen LogP) is 2.69. The van der Waals surface area contributed by atoms with Gasteiger partial charge in [-0.1, -0.05) is 42.5 Å². The molecule has 0 aliphatic heterocycles. The molecule has 1 amide bonds. The summed E-state index contributed by atoms with van der Waals surface area (Å²) >= 11 is 0. The minimum atomic E-state index is -1.35. The number of hydrogen-bond acceptors (Lipinski definition) is 4. The molecule has 0 bridgehead atoms. The van der Waals surface area contributed by atoms with Gasteiger partial charge in [0.15, 0.2) is 0 Å². The summed E-state index contributed by atoms with van der Waals surface area (Å²) in [6, 6.07) is 8.90. The molecule has 6 nitrogen and oxygen atoms in total.